The van der Waals surface area contributed by atoms with Crippen molar-refractivity contribution >= 4 is 11.9 Å². The maximum Gasteiger partial charge on any atom is 0.315 e. The highest BCUT2D eigenvalue weighted by atomic mass is 16.5. The van der Waals surface area contributed by atoms with Crippen LogP contribution in [0.4, 0.5) is 4.79 Å². The third-order valence-electron chi connectivity index (χ3n) is 3.80. The summed E-state index contributed by atoms with van der Waals surface area (Å²) in [7, 11) is 1.65. The summed E-state index contributed by atoms with van der Waals surface area (Å²) in [5.74, 6) is -0.0909. The Morgan fingerprint density at radius 2 is 2.14 bits per heavy atom. The molecule has 6 nitrogen and oxygen atoms in total. The van der Waals surface area contributed by atoms with Crippen molar-refractivity contribution in [3.8, 4) is 0 Å². The minimum atomic E-state index is -0.435. The van der Waals surface area contributed by atoms with Crippen LogP contribution in [0.15, 0.2) is 0 Å². The van der Waals surface area contributed by atoms with Crippen LogP contribution in [0.3, 0.4) is 0 Å². The lowest BCUT2D eigenvalue weighted by Gasteiger charge is -2.32. The van der Waals surface area contributed by atoms with E-state index in [1.807, 2.05) is 0 Å². The van der Waals surface area contributed by atoms with Gasteiger partial charge in [0, 0.05) is 26.3 Å². The molecule has 0 spiro atoms. The summed E-state index contributed by atoms with van der Waals surface area (Å²) in [6, 6.07) is -0.727. The number of rotatable bonds is 5. The van der Waals surface area contributed by atoms with Crippen LogP contribution < -0.4 is 16.0 Å². The van der Waals surface area contributed by atoms with Crippen molar-refractivity contribution in [1.82, 2.24) is 16.0 Å². The summed E-state index contributed by atoms with van der Waals surface area (Å²) < 4.78 is 5.10. The third kappa shape index (κ3) is 6.33. The van der Waals surface area contributed by atoms with Crippen molar-refractivity contribution in [1.29, 1.82) is 0 Å². The Hall–Kier alpha value is -1.30. The second-order valence-corrected chi connectivity index (χ2v) is 6.66. The van der Waals surface area contributed by atoms with Crippen LogP contribution in [0.5, 0.6) is 0 Å². The molecule has 0 radical (unpaired) electrons. The van der Waals surface area contributed by atoms with Crippen molar-refractivity contribution in [3.05, 3.63) is 0 Å². The second-order valence-electron chi connectivity index (χ2n) is 6.66. The molecule has 0 unspecified atom stereocenters. The van der Waals surface area contributed by atoms with Crippen LogP contribution in [0.2, 0.25) is 0 Å². The van der Waals surface area contributed by atoms with Crippen LogP contribution in [-0.2, 0) is 9.53 Å². The van der Waals surface area contributed by atoms with Gasteiger partial charge in [-0.3, -0.25) is 4.79 Å². The average molecular weight is 299 g/mol. The number of urea groups is 1. The monoisotopic (exact) mass is 299 g/mol. The zero-order valence-electron chi connectivity index (χ0n) is 13.6. The van der Waals surface area contributed by atoms with Crippen LogP contribution in [0, 0.1) is 5.41 Å². The smallest absolute Gasteiger partial charge is 0.315 e. The van der Waals surface area contributed by atoms with Gasteiger partial charge in [-0.1, -0.05) is 20.8 Å². The van der Waals surface area contributed by atoms with Gasteiger partial charge in [0.15, 0.2) is 0 Å². The van der Waals surface area contributed by atoms with E-state index < -0.39 is 6.04 Å². The first-order valence-corrected chi connectivity index (χ1v) is 7.68. The SMILES string of the molecule is COCC[C@H](NC(=O)N[C@H]1CCCCNC1=O)C(C)(C)C. The number of nitrogens with one attached hydrogen (secondary N) is 3. The van der Waals surface area contributed by atoms with Gasteiger partial charge in [-0.05, 0) is 31.1 Å². The fourth-order valence-corrected chi connectivity index (χ4v) is 2.39. The Labute approximate surface area is 127 Å². The molecule has 21 heavy (non-hydrogen) atoms. The van der Waals surface area contributed by atoms with Gasteiger partial charge in [-0.2, -0.15) is 0 Å². The fraction of sp³-hybridized carbons (Fsp3) is 0.867. The van der Waals surface area contributed by atoms with Gasteiger partial charge in [0.25, 0.3) is 0 Å². The molecule has 3 amide bonds. The lowest BCUT2D eigenvalue weighted by atomic mass is 9.85. The second kappa shape index (κ2) is 8.22. The molecule has 2 atom stereocenters. The number of carbonyl (C=O) groups is 2. The third-order valence-corrected chi connectivity index (χ3v) is 3.80. The largest absolute Gasteiger partial charge is 0.385 e. The molecule has 0 aromatic rings. The number of hydrogen-bond acceptors (Lipinski definition) is 3. The molecule has 0 aromatic carbocycles. The Kier molecular flexibility index (Phi) is 6.95. The summed E-state index contributed by atoms with van der Waals surface area (Å²) in [5.41, 5.74) is -0.0679. The highest BCUT2D eigenvalue weighted by Crippen LogP contribution is 2.21. The quantitative estimate of drug-likeness (QED) is 0.718. The molecule has 1 aliphatic heterocycles. The van der Waals surface area contributed by atoms with Crippen molar-refractivity contribution in [2.45, 2.75) is 58.5 Å². The van der Waals surface area contributed by atoms with E-state index in [2.05, 4.69) is 36.7 Å². The molecule has 1 saturated heterocycles. The Balaban J connectivity index is 2.54. The summed E-state index contributed by atoms with van der Waals surface area (Å²) in [6.45, 7) is 7.51. The highest BCUT2D eigenvalue weighted by molar-refractivity contribution is 5.87. The predicted molar refractivity (Wildman–Crippen MR) is 82.1 cm³/mol. The van der Waals surface area contributed by atoms with E-state index in [0.717, 1.165) is 19.3 Å². The van der Waals surface area contributed by atoms with E-state index in [4.69, 9.17) is 4.74 Å². The molecule has 1 heterocycles. The van der Waals surface area contributed by atoms with Gasteiger partial charge in [-0.25, -0.2) is 4.79 Å². The van der Waals surface area contributed by atoms with Crippen molar-refractivity contribution in [2.75, 3.05) is 20.3 Å². The molecule has 1 rings (SSSR count). The van der Waals surface area contributed by atoms with Crippen LogP contribution >= 0.6 is 0 Å². The Morgan fingerprint density at radius 1 is 1.43 bits per heavy atom. The van der Waals surface area contributed by atoms with E-state index in [1.165, 1.54) is 0 Å². The molecule has 0 bridgehead atoms. The number of methoxy groups -OCH3 is 1. The maximum atomic E-state index is 12.1. The topological polar surface area (TPSA) is 79.5 Å². The van der Waals surface area contributed by atoms with Gasteiger partial charge in [-0.15, -0.1) is 0 Å². The minimum Gasteiger partial charge on any atom is -0.385 e. The fourth-order valence-electron chi connectivity index (χ4n) is 2.39. The van der Waals surface area contributed by atoms with E-state index in [0.29, 0.717) is 19.6 Å². The first kappa shape index (κ1) is 17.8. The molecule has 0 aliphatic carbocycles. The van der Waals surface area contributed by atoms with Gasteiger partial charge >= 0.3 is 6.03 Å². The lowest BCUT2D eigenvalue weighted by Crippen LogP contribution is -2.53. The molecule has 0 saturated carbocycles. The standard InChI is InChI=1S/C15H29N3O3/c1-15(2,3)12(8-10-21-4)18-14(20)17-11-7-5-6-9-16-13(11)19/h11-12H,5-10H2,1-4H3,(H,16,19)(H2,17,18,20)/t11-,12-/m0/s1. The van der Waals surface area contributed by atoms with Gasteiger partial charge in [0.1, 0.15) is 6.04 Å². The minimum absolute atomic E-state index is 0.00807. The van der Waals surface area contributed by atoms with E-state index in [-0.39, 0.29) is 23.4 Å². The van der Waals surface area contributed by atoms with E-state index in [9.17, 15) is 9.59 Å². The van der Waals surface area contributed by atoms with E-state index in [1.54, 1.807) is 7.11 Å². The number of amides is 3. The summed E-state index contributed by atoms with van der Waals surface area (Å²) in [6.07, 6.45) is 3.34. The molecule has 3 N–H and O–H groups in total. The molecule has 122 valence electrons. The molecule has 0 aromatic heterocycles. The predicted octanol–water partition coefficient (Wildman–Crippen LogP) is 1.41. The number of hydrogen-bond donors (Lipinski definition) is 3. The maximum absolute atomic E-state index is 12.1. The normalized spacial score (nSPS) is 21.1. The Morgan fingerprint density at radius 3 is 2.76 bits per heavy atom. The van der Waals surface area contributed by atoms with Crippen LogP contribution in [0.25, 0.3) is 0 Å². The van der Waals surface area contributed by atoms with Gasteiger partial charge in [0.2, 0.25) is 5.91 Å². The molecule has 1 fully saturated rings. The van der Waals surface area contributed by atoms with Crippen molar-refractivity contribution < 1.29 is 14.3 Å². The van der Waals surface area contributed by atoms with Gasteiger partial charge < -0.3 is 20.7 Å². The molecule has 6 heteroatoms. The Bertz CT molecular complexity index is 353. The summed E-state index contributed by atoms with van der Waals surface area (Å²) in [4.78, 5) is 24.0. The van der Waals surface area contributed by atoms with Crippen molar-refractivity contribution in [2.24, 2.45) is 5.41 Å². The zero-order chi connectivity index (χ0) is 15.9. The summed E-state index contributed by atoms with van der Waals surface area (Å²) >= 11 is 0. The van der Waals surface area contributed by atoms with Gasteiger partial charge in [0.05, 0.1) is 0 Å². The first-order valence-electron chi connectivity index (χ1n) is 7.68. The van der Waals surface area contributed by atoms with Crippen LogP contribution in [0.1, 0.15) is 46.5 Å². The zero-order valence-corrected chi connectivity index (χ0v) is 13.6. The number of ether oxygens (including phenoxy) is 1. The molecular weight excluding hydrogens is 270 g/mol. The average Bonchev–Trinajstić information content (AvgIpc) is 2.59. The molecule has 1 aliphatic rings. The first-order chi connectivity index (χ1) is 9.84. The number of carbonyl (C=O) groups excluding carboxylic acids is 2. The molecular formula is C15H29N3O3. The van der Waals surface area contributed by atoms with Crippen LogP contribution in [-0.4, -0.2) is 44.3 Å². The lowest BCUT2D eigenvalue weighted by molar-refractivity contribution is -0.122. The van der Waals surface area contributed by atoms with Crippen molar-refractivity contribution in [3.63, 3.8) is 0 Å². The highest BCUT2D eigenvalue weighted by Gasteiger charge is 2.28. The summed E-state index contributed by atoms with van der Waals surface area (Å²) in [5, 5.41) is 8.57. The van der Waals surface area contributed by atoms with E-state index >= 15 is 0 Å².